The minimum Gasteiger partial charge on any atom is -0.851 e. The molecule has 1 heterocycles. The standard InChI is InChI=1S/C30H35N3O4.HI/c1-33(2)18-16-26(17-19-33)37-30(36)32-28-20-22(10-14-27(28)24-6-4-3-5-7-24)11-15-29(35)31-25-12-8-23(21-34)9-13-25;/h3-10,12-14,20,26H,11,15-19,21H2,1-2H3,(H,31,35)(H,32,36);1H. The number of nitrogens with zero attached hydrogens (tertiary/aromatic N) is 1. The molecule has 0 unspecified atom stereocenters. The lowest BCUT2D eigenvalue weighted by atomic mass is 9.99. The predicted octanol–water partition coefficient (Wildman–Crippen LogP) is 5.19. The van der Waals surface area contributed by atoms with E-state index in [1.165, 1.54) is 0 Å². The molecule has 1 saturated heterocycles. The van der Waals surface area contributed by atoms with Crippen molar-refractivity contribution in [3.8, 4) is 11.1 Å². The molecule has 2 amide bonds. The molecule has 0 saturated carbocycles. The first-order valence-electron chi connectivity index (χ1n) is 12.8. The smallest absolute Gasteiger partial charge is 0.411 e. The maximum atomic E-state index is 12.8. The molecule has 0 bridgehead atoms. The minimum atomic E-state index is -0.453. The number of nitrogens with one attached hydrogen (secondary N) is 2. The second kappa shape index (κ2) is 13.7. The Morgan fingerprint density at radius 1 is 0.921 bits per heavy atom. The van der Waals surface area contributed by atoms with E-state index in [1.807, 2.05) is 48.5 Å². The van der Waals surface area contributed by atoms with Crippen LogP contribution in [0.4, 0.5) is 16.2 Å². The highest BCUT2D eigenvalue weighted by molar-refractivity contribution is 14.0. The second-order valence-electron chi connectivity index (χ2n) is 10.2. The molecule has 7 nitrogen and oxygen atoms in total. The first kappa shape index (κ1) is 29.6. The number of carbonyl (C=O) groups excluding carboxylic acids is 2. The predicted molar refractivity (Wildman–Crippen MR) is 159 cm³/mol. The summed E-state index contributed by atoms with van der Waals surface area (Å²) in [6.45, 7) is 1.68. The fourth-order valence-electron chi connectivity index (χ4n) is 4.54. The first-order valence-corrected chi connectivity index (χ1v) is 12.8. The number of benzene rings is 3. The Morgan fingerprint density at radius 2 is 1.58 bits per heavy atom. The molecule has 38 heavy (non-hydrogen) atoms. The molecule has 3 aromatic carbocycles. The summed E-state index contributed by atoms with van der Waals surface area (Å²) in [5, 5.41) is 16.8. The van der Waals surface area contributed by atoms with Crippen molar-refractivity contribution in [1.29, 1.82) is 0 Å². The molecule has 0 spiro atoms. The van der Waals surface area contributed by atoms with Gasteiger partial charge < -0.3 is 19.6 Å². The zero-order chi connectivity index (χ0) is 26.3. The number of hydrogen-bond donors (Lipinski definition) is 2. The van der Waals surface area contributed by atoms with E-state index in [9.17, 15) is 14.7 Å². The lowest BCUT2D eigenvalue weighted by molar-refractivity contribution is -0.896. The topological polar surface area (TPSA) is 90.5 Å². The van der Waals surface area contributed by atoms with Crippen LogP contribution in [-0.2, 0) is 22.6 Å². The molecule has 1 aliphatic heterocycles. The maximum Gasteiger partial charge on any atom is 0.411 e. The van der Waals surface area contributed by atoms with Gasteiger partial charge >= 0.3 is 6.09 Å². The van der Waals surface area contributed by atoms with Crippen molar-refractivity contribution >= 4 is 47.4 Å². The molecule has 0 aliphatic carbocycles. The number of amides is 2. The average molecular weight is 630 g/mol. The number of anilines is 2. The summed E-state index contributed by atoms with van der Waals surface area (Å²) in [6, 6.07) is 22.6. The second-order valence-corrected chi connectivity index (χ2v) is 10.2. The summed E-state index contributed by atoms with van der Waals surface area (Å²) < 4.78 is 6.70. The van der Waals surface area contributed by atoms with Crippen LogP contribution in [0.2, 0.25) is 0 Å². The van der Waals surface area contributed by atoms with Gasteiger partial charge in [-0.1, -0.05) is 60.2 Å². The highest BCUT2D eigenvalue weighted by atomic mass is 127. The van der Waals surface area contributed by atoms with Gasteiger partial charge in [-0.2, -0.15) is 0 Å². The number of aryl methyl sites for hydroxylation is 1. The highest BCUT2D eigenvalue weighted by Crippen LogP contribution is 2.30. The van der Waals surface area contributed by atoms with Crippen molar-refractivity contribution in [2.75, 3.05) is 37.8 Å². The van der Waals surface area contributed by atoms with E-state index in [2.05, 4.69) is 24.7 Å². The van der Waals surface area contributed by atoms with Crippen LogP contribution in [0.3, 0.4) is 0 Å². The Labute approximate surface area is 241 Å². The third-order valence-corrected chi connectivity index (χ3v) is 6.84. The van der Waals surface area contributed by atoms with Crippen molar-refractivity contribution in [1.82, 2.24) is 0 Å². The molecule has 0 atom stereocenters. The van der Waals surface area contributed by atoms with Crippen molar-refractivity contribution in [2.24, 2.45) is 0 Å². The summed E-state index contributed by atoms with van der Waals surface area (Å²) in [7, 11) is 4.39. The van der Waals surface area contributed by atoms with E-state index in [-0.39, 0.29) is 49.0 Å². The SMILES string of the molecule is C[N+]1(C)CCC(OC(=O)Nc2cc(CCC(=O)Nc3ccc(C[O-])cc3)ccc2-c2ccccc2)CC1.I. The van der Waals surface area contributed by atoms with Crippen molar-refractivity contribution < 1.29 is 23.9 Å². The number of ether oxygens (including phenoxy) is 1. The molecule has 8 heteroatoms. The molecule has 3 aromatic rings. The van der Waals surface area contributed by atoms with Crippen LogP contribution >= 0.6 is 24.0 Å². The van der Waals surface area contributed by atoms with E-state index in [0.29, 0.717) is 23.4 Å². The molecular weight excluding hydrogens is 593 g/mol. The molecule has 2 N–H and O–H groups in total. The Hall–Kier alpha value is -2.95. The molecule has 0 radical (unpaired) electrons. The molecular formula is C30H36IN3O4. The van der Waals surface area contributed by atoms with Crippen molar-refractivity contribution in [3.63, 3.8) is 0 Å². The van der Waals surface area contributed by atoms with Gasteiger partial charge in [0.2, 0.25) is 5.91 Å². The number of quaternary nitrogens is 1. The van der Waals surface area contributed by atoms with Gasteiger partial charge in [0.15, 0.2) is 0 Å². The number of carbonyl (C=O) groups is 2. The lowest BCUT2D eigenvalue weighted by Crippen LogP contribution is -2.48. The van der Waals surface area contributed by atoms with Crippen LogP contribution in [0.15, 0.2) is 72.8 Å². The van der Waals surface area contributed by atoms with Gasteiger partial charge in [-0.3, -0.25) is 10.1 Å². The largest absolute Gasteiger partial charge is 0.851 e. The number of likely N-dealkylation sites (tertiary alicyclic amines) is 1. The van der Waals surface area contributed by atoms with Crippen LogP contribution in [-0.4, -0.2) is 49.8 Å². The van der Waals surface area contributed by atoms with Gasteiger partial charge in [0.05, 0.1) is 32.9 Å². The summed E-state index contributed by atoms with van der Waals surface area (Å²) in [5.41, 5.74) is 4.82. The zero-order valence-electron chi connectivity index (χ0n) is 21.9. The fraction of sp³-hybridized carbons (Fsp3) is 0.333. The minimum absolute atomic E-state index is 0. The van der Waals surface area contributed by atoms with E-state index in [0.717, 1.165) is 47.1 Å². The van der Waals surface area contributed by atoms with Gasteiger partial charge in [0.1, 0.15) is 6.10 Å². The fourth-order valence-corrected chi connectivity index (χ4v) is 4.54. The van der Waals surface area contributed by atoms with Crippen LogP contribution < -0.4 is 15.7 Å². The maximum absolute atomic E-state index is 12.8. The van der Waals surface area contributed by atoms with Crippen LogP contribution in [0, 0.1) is 0 Å². The summed E-state index contributed by atoms with van der Waals surface area (Å²) in [6.07, 6.45) is 1.96. The first-order chi connectivity index (χ1) is 17.8. The number of rotatable bonds is 8. The summed E-state index contributed by atoms with van der Waals surface area (Å²) >= 11 is 0. The van der Waals surface area contributed by atoms with Crippen LogP contribution in [0.25, 0.3) is 11.1 Å². The molecule has 202 valence electrons. The van der Waals surface area contributed by atoms with Crippen molar-refractivity contribution in [2.45, 2.75) is 38.4 Å². The summed E-state index contributed by atoms with van der Waals surface area (Å²) in [4.78, 5) is 25.3. The zero-order valence-corrected chi connectivity index (χ0v) is 24.3. The summed E-state index contributed by atoms with van der Waals surface area (Å²) in [5.74, 6) is -0.116. The van der Waals surface area contributed by atoms with Gasteiger partial charge in [0, 0.05) is 30.5 Å². The highest BCUT2D eigenvalue weighted by Gasteiger charge is 2.28. The number of piperidine rings is 1. The Morgan fingerprint density at radius 3 is 2.24 bits per heavy atom. The average Bonchev–Trinajstić information content (AvgIpc) is 2.90. The quantitative estimate of drug-likeness (QED) is 0.265. The van der Waals surface area contributed by atoms with Crippen LogP contribution in [0.1, 0.15) is 30.4 Å². The third kappa shape index (κ3) is 8.54. The lowest BCUT2D eigenvalue weighted by Gasteiger charge is -2.36. The van der Waals surface area contributed by atoms with Gasteiger partial charge in [-0.25, -0.2) is 4.79 Å². The number of hydrogen-bond acceptors (Lipinski definition) is 4. The van der Waals surface area contributed by atoms with E-state index < -0.39 is 6.09 Å². The van der Waals surface area contributed by atoms with Gasteiger partial charge in [-0.05, 0) is 35.7 Å². The Kier molecular flexibility index (Phi) is 10.7. The monoisotopic (exact) mass is 629 g/mol. The number of halogens is 1. The van der Waals surface area contributed by atoms with Gasteiger partial charge in [-0.15, -0.1) is 30.6 Å². The molecule has 0 aromatic heterocycles. The van der Waals surface area contributed by atoms with Crippen LogP contribution in [0.5, 0.6) is 0 Å². The van der Waals surface area contributed by atoms with Crippen molar-refractivity contribution in [3.05, 3.63) is 83.9 Å². The Bertz CT molecular complexity index is 1210. The molecule has 1 aliphatic rings. The normalized spacial score (nSPS) is 14.7. The Balaban J connectivity index is 0.00000400. The van der Waals surface area contributed by atoms with E-state index in [4.69, 9.17) is 4.74 Å². The van der Waals surface area contributed by atoms with E-state index in [1.54, 1.807) is 24.3 Å². The van der Waals surface area contributed by atoms with Gasteiger partial charge in [0.25, 0.3) is 0 Å². The third-order valence-electron chi connectivity index (χ3n) is 6.84. The van der Waals surface area contributed by atoms with E-state index >= 15 is 0 Å². The molecule has 4 rings (SSSR count). The molecule has 1 fully saturated rings.